The molecule has 3 nitrogen and oxygen atoms in total. The van der Waals surface area contributed by atoms with Crippen LogP contribution in [0, 0.1) is 0 Å². The first-order chi connectivity index (χ1) is 14.8. The molecule has 0 spiro atoms. The third-order valence-corrected chi connectivity index (χ3v) is 5.57. The fourth-order valence-electron chi connectivity index (χ4n) is 3.77. The van der Waals surface area contributed by atoms with Crippen LogP contribution in [0.4, 0.5) is 10.5 Å². The summed E-state index contributed by atoms with van der Waals surface area (Å²) in [7, 11) is 0. The number of anilines is 1. The SMILES string of the molecule is CCCCCCCCCCCCCNC(=O)Nc1ccccc1Cc1ccccc1. The van der Waals surface area contributed by atoms with Crippen molar-refractivity contribution in [3.8, 4) is 0 Å². The fraction of sp³-hybridized carbons (Fsp3) is 0.519. The number of urea groups is 1. The normalized spacial score (nSPS) is 10.7. The molecule has 164 valence electrons. The molecule has 0 saturated carbocycles. The van der Waals surface area contributed by atoms with E-state index in [1.165, 1.54) is 69.8 Å². The van der Waals surface area contributed by atoms with E-state index in [4.69, 9.17) is 0 Å². The Hall–Kier alpha value is -2.29. The highest BCUT2D eigenvalue weighted by molar-refractivity contribution is 5.90. The summed E-state index contributed by atoms with van der Waals surface area (Å²) in [6.45, 7) is 3.01. The van der Waals surface area contributed by atoms with E-state index in [2.05, 4.69) is 35.8 Å². The van der Waals surface area contributed by atoms with Crippen molar-refractivity contribution in [2.45, 2.75) is 84.0 Å². The van der Waals surface area contributed by atoms with Crippen LogP contribution in [0.1, 0.15) is 88.7 Å². The van der Waals surface area contributed by atoms with Crippen LogP contribution in [0.15, 0.2) is 54.6 Å². The molecule has 2 aromatic carbocycles. The maximum atomic E-state index is 12.3. The number of benzene rings is 2. The second-order valence-corrected chi connectivity index (χ2v) is 8.24. The third kappa shape index (κ3) is 10.5. The molecule has 2 N–H and O–H groups in total. The Morgan fingerprint density at radius 3 is 1.93 bits per heavy atom. The van der Waals surface area contributed by atoms with E-state index in [-0.39, 0.29) is 6.03 Å². The molecule has 0 radical (unpaired) electrons. The first-order valence-electron chi connectivity index (χ1n) is 12.0. The highest BCUT2D eigenvalue weighted by Gasteiger charge is 2.06. The lowest BCUT2D eigenvalue weighted by Crippen LogP contribution is -2.29. The minimum Gasteiger partial charge on any atom is -0.338 e. The van der Waals surface area contributed by atoms with Crippen molar-refractivity contribution in [2.24, 2.45) is 0 Å². The predicted molar refractivity (Wildman–Crippen MR) is 129 cm³/mol. The highest BCUT2D eigenvalue weighted by Crippen LogP contribution is 2.19. The van der Waals surface area contributed by atoms with E-state index in [0.29, 0.717) is 0 Å². The largest absolute Gasteiger partial charge is 0.338 e. The van der Waals surface area contributed by atoms with Crippen LogP contribution in [-0.4, -0.2) is 12.6 Å². The van der Waals surface area contributed by atoms with Gasteiger partial charge in [0.2, 0.25) is 0 Å². The molecule has 0 aliphatic heterocycles. The minimum absolute atomic E-state index is 0.109. The number of hydrogen-bond acceptors (Lipinski definition) is 1. The molecule has 30 heavy (non-hydrogen) atoms. The Labute approximate surface area is 183 Å². The minimum atomic E-state index is -0.109. The van der Waals surface area contributed by atoms with Crippen LogP contribution < -0.4 is 10.6 Å². The lowest BCUT2D eigenvalue weighted by atomic mass is 10.0. The van der Waals surface area contributed by atoms with Crippen LogP contribution in [0.2, 0.25) is 0 Å². The first-order valence-corrected chi connectivity index (χ1v) is 12.0. The molecule has 0 aliphatic carbocycles. The molecular weight excluding hydrogens is 368 g/mol. The molecule has 0 bridgehead atoms. The molecule has 3 heteroatoms. The van der Waals surface area contributed by atoms with Crippen LogP contribution in [0.5, 0.6) is 0 Å². The Balaban J connectivity index is 1.55. The first kappa shape index (κ1) is 24.0. The van der Waals surface area contributed by atoms with Gasteiger partial charge in [0.25, 0.3) is 0 Å². The van der Waals surface area contributed by atoms with Crippen molar-refractivity contribution in [2.75, 3.05) is 11.9 Å². The Bertz CT molecular complexity index is 699. The molecule has 0 unspecified atom stereocenters. The zero-order valence-corrected chi connectivity index (χ0v) is 18.8. The van der Waals surface area contributed by atoms with Gasteiger partial charge in [-0.15, -0.1) is 0 Å². The Kier molecular flexibility index (Phi) is 12.4. The van der Waals surface area contributed by atoms with E-state index < -0.39 is 0 Å². The lowest BCUT2D eigenvalue weighted by molar-refractivity contribution is 0.252. The molecule has 2 amide bonds. The van der Waals surface area contributed by atoms with Gasteiger partial charge in [-0.2, -0.15) is 0 Å². The molecule has 0 aliphatic rings. The average molecular weight is 409 g/mol. The van der Waals surface area contributed by atoms with E-state index >= 15 is 0 Å². The second-order valence-electron chi connectivity index (χ2n) is 8.24. The fourth-order valence-corrected chi connectivity index (χ4v) is 3.77. The molecule has 2 aromatic rings. The van der Waals surface area contributed by atoms with Crippen molar-refractivity contribution >= 4 is 11.7 Å². The van der Waals surface area contributed by atoms with Gasteiger partial charge in [0, 0.05) is 12.2 Å². The summed E-state index contributed by atoms with van der Waals surface area (Å²) in [6, 6.07) is 18.3. The van der Waals surface area contributed by atoms with Crippen molar-refractivity contribution in [3.63, 3.8) is 0 Å². The summed E-state index contributed by atoms with van der Waals surface area (Å²) >= 11 is 0. The maximum absolute atomic E-state index is 12.3. The number of unbranched alkanes of at least 4 members (excludes halogenated alkanes) is 10. The summed E-state index contributed by atoms with van der Waals surface area (Å²) in [6.07, 6.45) is 15.3. The van der Waals surface area contributed by atoms with Crippen LogP contribution in [0.25, 0.3) is 0 Å². The monoisotopic (exact) mass is 408 g/mol. The predicted octanol–water partition coefficient (Wildman–Crippen LogP) is 7.71. The van der Waals surface area contributed by atoms with E-state index in [1.54, 1.807) is 0 Å². The second kappa shape index (κ2) is 15.5. The van der Waals surface area contributed by atoms with Gasteiger partial charge in [-0.05, 0) is 30.0 Å². The molecule has 0 aromatic heterocycles. The van der Waals surface area contributed by atoms with E-state index in [0.717, 1.165) is 30.6 Å². The van der Waals surface area contributed by atoms with Gasteiger partial charge in [0.15, 0.2) is 0 Å². The zero-order chi connectivity index (χ0) is 21.3. The van der Waals surface area contributed by atoms with Crippen molar-refractivity contribution in [3.05, 3.63) is 65.7 Å². The van der Waals surface area contributed by atoms with Gasteiger partial charge in [0.1, 0.15) is 0 Å². The molecule has 0 atom stereocenters. The summed E-state index contributed by atoms with van der Waals surface area (Å²) in [5.74, 6) is 0. The van der Waals surface area contributed by atoms with Crippen molar-refractivity contribution < 1.29 is 4.79 Å². The lowest BCUT2D eigenvalue weighted by Gasteiger charge is -2.12. The smallest absolute Gasteiger partial charge is 0.319 e. The third-order valence-electron chi connectivity index (χ3n) is 5.57. The summed E-state index contributed by atoms with van der Waals surface area (Å²) in [4.78, 5) is 12.3. The zero-order valence-electron chi connectivity index (χ0n) is 18.8. The van der Waals surface area contributed by atoms with Gasteiger partial charge < -0.3 is 10.6 Å². The van der Waals surface area contributed by atoms with Gasteiger partial charge in [-0.25, -0.2) is 4.79 Å². The van der Waals surface area contributed by atoms with Gasteiger partial charge in [-0.1, -0.05) is 120 Å². The number of nitrogens with one attached hydrogen (secondary N) is 2. The summed E-state index contributed by atoms with van der Waals surface area (Å²) in [5.41, 5.74) is 3.26. The van der Waals surface area contributed by atoms with Crippen molar-refractivity contribution in [1.82, 2.24) is 5.32 Å². The number of rotatable bonds is 15. The number of carbonyl (C=O) groups is 1. The van der Waals surface area contributed by atoms with Crippen molar-refractivity contribution in [1.29, 1.82) is 0 Å². The highest BCUT2D eigenvalue weighted by atomic mass is 16.2. The summed E-state index contributed by atoms with van der Waals surface area (Å²) in [5, 5.41) is 6.02. The number of para-hydroxylation sites is 1. The van der Waals surface area contributed by atoms with E-state index in [9.17, 15) is 4.79 Å². The Morgan fingerprint density at radius 2 is 1.27 bits per heavy atom. The Morgan fingerprint density at radius 1 is 0.700 bits per heavy atom. The topological polar surface area (TPSA) is 41.1 Å². The van der Waals surface area contributed by atoms with E-state index in [1.807, 2.05) is 36.4 Å². The summed E-state index contributed by atoms with van der Waals surface area (Å²) < 4.78 is 0. The van der Waals surface area contributed by atoms with Crippen LogP contribution in [0.3, 0.4) is 0 Å². The molecule has 0 heterocycles. The number of amides is 2. The van der Waals surface area contributed by atoms with Gasteiger partial charge in [-0.3, -0.25) is 0 Å². The maximum Gasteiger partial charge on any atom is 0.319 e. The number of hydrogen-bond donors (Lipinski definition) is 2. The quantitative estimate of drug-likeness (QED) is 0.291. The number of carbonyl (C=O) groups excluding carboxylic acids is 1. The molecule has 0 fully saturated rings. The average Bonchev–Trinajstić information content (AvgIpc) is 2.76. The van der Waals surface area contributed by atoms with Gasteiger partial charge >= 0.3 is 6.03 Å². The van der Waals surface area contributed by atoms with Gasteiger partial charge in [0.05, 0.1) is 0 Å². The standard InChI is InChI=1S/C27H40N2O/c1-2-3-4-5-6-7-8-9-10-11-17-22-28-27(30)29-26-21-16-15-20-25(26)23-24-18-13-12-14-19-24/h12-16,18-21H,2-11,17,22-23H2,1H3,(H2,28,29,30). The molecule has 2 rings (SSSR count). The molecular formula is C27H40N2O. The molecule has 0 saturated heterocycles. The van der Waals surface area contributed by atoms with Crippen LogP contribution in [-0.2, 0) is 6.42 Å². The van der Waals surface area contributed by atoms with Crippen LogP contribution >= 0.6 is 0 Å².